The lowest BCUT2D eigenvalue weighted by Crippen LogP contribution is -2.60. The molecule has 4 rings (SSSR count). The highest BCUT2D eigenvalue weighted by molar-refractivity contribution is 5.20. The summed E-state index contributed by atoms with van der Waals surface area (Å²) in [5.74, 6) is 0.729. The fourth-order valence-corrected chi connectivity index (χ4v) is 3.97. The SMILES string of the molecule is Cc1ncc(C2(O)CC3COCC(C2)N3Cc2ccccc2)cn1. The number of aliphatic hydroxyl groups is 1. The Bertz CT molecular complexity index is 676. The molecule has 0 radical (unpaired) electrons. The van der Waals surface area contributed by atoms with Gasteiger partial charge in [0.2, 0.25) is 0 Å². The molecule has 2 aliphatic rings. The first-order valence-electron chi connectivity index (χ1n) is 8.53. The normalized spacial score (nSPS) is 30.2. The molecule has 2 aromatic rings. The Morgan fingerprint density at radius 1 is 1.12 bits per heavy atom. The molecule has 2 saturated heterocycles. The van der Waals surface area contributed by atoms with Gasteiger partial charge in [-0.1, -0.05) is 30.3 Å². The predicted octanol–water partition coefficient (Wildman–Crippen LogP) is 2.04. The van der Waals surface area contributed by atoms with Gasteiger partial charge in [0, 0.05) is 36.6 Å². The maximum absolute atomic E-state index is 11.3. The summed E-state index contributed by atoms with van der Waals surface area (Å²) < 4.78 is 5.77. The van der Waals surface area contributed by atoms with E-state index in [1.807, 2.05) is 13.0 Å². The van der Waals surface area contributed by atoms with Gasteiger partial charge < -0.3 is 9.84 Å². The van der Waals surface area contributed by atoms with Crippen molar-refractivity contribution < 1.29 is 9.84 Å². The number of ether oxygens (including phenoxy) is 1. The van der Waals surface area contributed by atoms with Gasteiger partial charge in [0.15, 0.2) is 0 Å². The minimum Gasteiger partial charge on any atom is -0.385 e. The molecular weight excluding hydrogens is 302 g/mol. The molecule has 5 heteroatoms. The standard InChI is InChI=1S/C19H23N3O2/c1-14-20-9-16(10-21-14)19(23)7-17-12-24-13-18(8-19)22(17)11-15-5-3-2-4-6-15/h2-6,9-10,17-18,23H,7-8,11-13H2,1H3. The molecule has 24 heavy (non-hydrogen) atoms. The fourth-order valence-electron chi connectivity index (χ4n) is 3.97. The van der Waals surface area contributed by atoms with Gasteiger partial charge in [-0.15, -0.1) is 0 Å². The molecule has 2 bridgehead atoms. The zero-order valence-electron chi connectivity index (χ0n) is 13.9. The van der Waals surface area contributed by atoms with Crippen LogP contribution in [0.15, 0.2) is 42.7 Å². The van der Waals surface area contributed by atoms with Gasteiger partial charge in [-0.05, 0) is 25.3 Å². The number of benzene rings is 1. The molecule has 1 N–H and O–H groups in total. The number of aromatic nitrogens is 2. The molecule has 2 unspecified atom stereocenters. The third kappa shape index (κ3) is 2.95. The van der Waals surface area contributed by atoms with E-state index in [0.717, 1.165) is 17.9 Å². The van der Waals surface area contributed by atoms with Crippen molar-refractivity contribution in [3.8, 4) is 0 Å². The highest BCUT2D eigenvalue weighted by atomic mass is 16.5. The van der Waals surface area contributed by atoms with Gasteiger partial charge >= 0.3 is 0 Å². The maximum atomic E-state index is 11.3. The Balaban J connectivity index is 1.57. The van der Waals surface area contributed by atoms with Crippen molar-refractivity contribution in [1.29, 1.82) is 0 Å². The summed E-state index contributed by atoms with van der Waals surface area (Å²) in [5, 5.41) is 11.3. The van der Waals surface area contributed by atoms with Gasteiger partial charge in [0.25, 0.3) is 0 Å². The first-order valence-corrected chi connectivity index (χ1v) is 8.53. The first kappa shape index (κ1) is 15.7. The van der Waals surface area contributed by atoms with Crippen molar-refractivity contribution in [1.82, 2.24) is 14.9 Å². The fraction of sp³-hybridized carbons (Fsp3) is 0.474. The van der Waals surface area contributed by atoms with Crippen molar-refractivity contribution in [3.63, 3.8) is 0 Å². The van der Waals surface area contributed by atoms with E-state index in [2.05, 4.69) is 39.1 Å². The second-order valence-corrected chi connectivity index (χ2v) is 6.96. The highest BCUT2D eigenvalue weighted by Crippen LogP contribution is 2.41. The van der Waals surface area contributed by atoms with Crippen molar-refractivity contribution in [2.24, 2.45) is 0 Å². The Hall–Kier alpha value is -1.82. The highest BCUT2D eigenvalue weighted by Gasteiger charge is 2.47. The van der Waals surface area contributed by atoms with Crippen LogP contribution >= 0.6 is 0 Å². The molecule has 126 valence electrons. The van der Waals surface area contributed by atoms with Crippen LogP contribution in [0.1, 0.15) is 29.8 Å². The Morgan fingerprint density at radius 3 is 2.38 bits per heavy atom. The minimum absolute atomic E-state index is 0.212. The third-order valence-electron chi connectivity index (χ3n) is 5.23. The zero-order chi connectivity index (χ0) is 16.6. The molecule has 0 saturated carbocycles. The van der Waals surface area contributed by atoms with Crippen molar-refractivity contribution in [2.45, 2.75) is 44.0 Å². The smallest absolute Gasteiger partial charge is 0.125 e. The van der Waals surface area contributed by atoms with Gasteiger partial charge in [0.05, 0.1) is 18.8 Å². The molecule has 2 aliphatic heterocycles. The van der Waals surface area contributed by atoms with Crippen LogP contribution in [0, 0.1) is 6.92 Å². The molecule has 2 atom stereocenters. The van der Waals surface area contributed by atoms with Crippen LogP contribution in [0.2, 0.25) is 0 Å². The average Bonchev–Trinajstić information content (AvgIpc) is 2.57. The molecule has 2 fully saturated rings. The number of hydrogen-bond acceptors (Lipinski definition) is 5. The molecular formula is C19H23N3O2. The molecule has 5 nitrogen and oxygen atoms in total. The van der Waals surface area contributed by atoms with Crippen molar-refractivity contribution >= 4 is 0 Å². The van der Waals surface area contributed by atoms with E-state index < -0.39 is 5.60 Å². The van der Waals surface area contributed by atoms with E-state index in [0.29, 0.717) is 26.1 Å². The monoisotopic (exact) mass is 325 g/mol. The number of nitrogens with zero attached hydrogens (tertiary/aromatic N) is 3. The van der Waals surface area contributed by atoms with E-state index in [9.17, 15) is 5.11 Å². The van der Waals surface area contributed by atoms with Gasteiger partial charge in [-0.2, -0.15) is 0 Å². The molecule has 0 spiro atoms. The maximum Gasteiger partial charge on any atom is 0.125 e. The largest absolute Gasteiger partial charge is 0.385 e. The molecule has 1 aromatic carbocycles. The number of morpholine rings is 1. The predicted molar refractivity (Wildman–Crippen MR) is 90.3 cm³/mol. The second-order valence-electron chi connectivity index (χ2n) is 6.96. The Kier molecular flexibility index (Phi) is 4.08. The van der Waals surface area contributed by atoms with Crippen LogP contribution < -0.4 is 0 Å². The quantitative estimate of drug-likeness (QED) is 0.936. The lowest BCUT2D eigenvalue weighted by atomic mass is 9.77. The molecule has 1 aromatic heterocycles. The number of hydrogen-bond donors (Lipinski definition) is 1. The summed E-state index contributed by atoms with van der Waals surface area (Å²) in [5.41, 5.74) is 1.27. The van der Waals surface area contributed by atoms with Crippen LogP contribution in [0.3, 0.4) is 0 Å². The van der Waals surface area contributed by atoms with Crippen molar-refractivity contribution in [3.05, 3.63) is 59.7 Å². The topological polar surface area (TPSA) is 58.5 Å². The summed E-state index contributed by atoms with van der Waals surface area (Å²) in [6.45, 7) is 4.09. The minimum atomic E-state index is -0.861. The third-order valence-corrected chi connectivity index (χ3v) is 5.23. The number of aryl methyl sites for hydroxylation is 1. The number of rotatable bonds is 3. The first-order chi connectivity index (χ1) is 11.6. The van der Waals surface area contributed by atoms with Crippen LogP contribution in [0.5, 0.6) is 0 Å². The summed E-state index contributed by atoms with van der Waals surface area (Å²) in [7, 11) is 0. The Labute approximate surface area is 142 Å². The van der Waals surface area contributed by atoms with Crippen LogP contribution in [0.25, 0.3) is 0 Å². The van der Waals surface area contributed by atoms with E-state index in [1.165, 1.54) is 5.56 Å². The Morgan fingerprint density at radius 2 is 1.75 bits per heavy atom. The number of fused-ring (bicyclic) bond motifs is 2. The van der Waals surface area contributed by atoms with Crippen LogP contribution in [0.4, 0.5) is 0 Å². The van der Waals surface area contributed by atoms with Gasteiger partial charge in [-0.3, -0.25) is 4.90 Å². The number of piperidine rings is 1. The van der Waals surface area contributed by atoms with E-state index >= 15 is 0 Å². The van der Waals surface area contributed by atoms with Crippen LogP contribution in [-0.2, 0) is 16.9 Å². The average molecular weight is 325 g/mol. The van der Waals surface area contributed by atoms with E-state index in [4.69, 9.17) is 4.74 Å². The summed E-state index contributed by atoms with van der Waals surface area (Å²) in [4.78, 5) is 11.0. The lowest BCUT2D eigenvalue weighted by molar-refractivity contribution is -0.149. The van der Waals surface area contributed by atoms with Crippen molar-refractivity contribution in [2.75, 3.05) is 13.2 Å². The molecule has 3 heterocycles. The molecule has 0 aliphatic carbocycles. The van der Waals surface area contributed by atoms with Crippen LogP contribution in [-0.4, -0.2) is 45.3 Å². The molecule has 0 amide bonds. The summed E-state index contributed by atoms with van der Waals surface area (Å²) in [6, 6.07) is 10.9. The van der Waals surface area contributed by atoms with E-state index in [-0.39, 0.29) is 12.1 Å². The van der Waals surface area contributed by atoms with E-state index in [1.54, 1.807) is 12.4 Å². The zero-order valence-corrected chi connectivity index (χ0v) is 13.9. The second kappa shape index (κ2) is 6.24. The summed E-state index contributed by atoms with van der Waals surface area (Å²) >= 11 is 0. The lowest BCUT2D eigenvalue weighted by Gasteiger charge is -2.51. The van der Waals surface area contributed by atoms with Gasteiger partial charge in [-0.25, -0.2) is 9.97 Å². The summed E-state index contributed by atoms with van der Waals surface area (Å²) in [6.07, 6.45) is 4.85. The van der Waals surface area contributed by atoms with Gasteiger partial charge in [0.1, 0.15) is 5.82 Å².